The quantitative estimate of drug-likeness (QED) is 0.486. The first kappa shape index (κ1) is 18.8. The summed E-state index contributed by atoms with van der Waals surface area (Å²) in [5, 5.41) is 0. The van der Waals surface area contributed by atoms with Gasteiger partial charge in [-0.1, -0.05) is 12.1 Å². The van der Waals surface area contributed by atoms with Gasteiger partial charge >= 0.3 is 6.18 Å². The minimum absolute atomic E-state index is 0.0243. The number of carbonyl (C=O) groups is 1. The highest BCUT2D eigenvalue weighted by molar-refractivity contribution is 7.90. The van der Waals surface area contributed by atoms with E-state index in [0.717, 1.165) is 24.4 Å². The van der Waals surface area contributed by atoms with Crippen molar-refractivity contribution in [2.24, 2.45) is 0 Å². The number of aromatic nitrogens is 1. The number of halogens is 4. The lowest BCUT2D eigenvalue weighted by molar-refractivity contribution is -0.137. The van der Waals surface area contributed by atoms with Gasteiger partial charge in [0, 0.05) is 17.3 Å². The summed E-state index contributed by atoms with van der Waals surface area (Å²) < 4.78 is 78.6. The summed E-state index contributed by atoms with van der Waals surface area (Å²) in [5.41, 5.74) is -1.21. The molecule has 27 heavy (non-hydrogen) atoms. The zero-order valence-corrected chi connectivity index (χ0v) is 14.3. The van der Waals surface area contributed by atoms with Crippen molar-refractivity contribution in [3.8, 4) is 11.3 Å². The maximum absolute atomic E-state index is 14.1. The van der Waals surface area contributed by atoms with Crippen molar-refractivity contribution in [2.75, 3.05) is 0 Å². The molecule has 0 fully saturated rings. The van der Waals surface area contributed by atoms with Crippen LogP contribution >= 0.6 is 0 Å². The lowest BCUT2D eigenvalue weighted by atomic mass is 10.1. The normalized spacial score (nSPS) is 12.1. The highest BCUT2D eigenvalue weighted by Gasteiger charge is 2.31. The van der Waals surface area contributed by atoms with Crippen LogP contribution in [0.4, 0.5) is 17.6 Å². The Morgan fingerprint density at radius 3 is 2.15 bits per heavy atom. The van der Waals surface area contributed by atoms with E-state index in [-0.39, 0.29) is 16.8 Å². The Morgan fingerprint density at radius 1 is 0.963 bits per heavy atom. The van der Waals surface area contributed by atoms with Gasteiger partial charge in [-0.05, 0) is 42.5 Å². The van der Waals surface area contributed by atoms with E-state index in [0.29, 0.717) is 22.4 Å². The third kappa shape index (κ3) is 3.50. The van der Waals surface area contributed by atoms with Gasteiger partial charge in [0.05, 0.1) is 16.2 Å². The van der Waals surface area contributed by atoms with Crippen LogP contribution in [0.15, 0.2) is 65.7 Å². The minimum atomic E-state index is -4.61. The molecule has 0 saturated heterocycles. The Kier molecular flexibility index (Phi) is 4.64. The van der Waals surface area contributed by atoms with Crippen molar-refractivity contribution in [2.45, 2.75) is 11.1 Å². The number of hydrogen-bond acceptors (Lipinski definition) is 3. The predicted molar refractivity (Wildman–Crippen MR) is 89.2 cm³/mol. The summed E-state index contributed by atoms with van der Waals surface area (Å²) in [6.45, 7) is 0. The Labute approximate surface area is 151 Å². The van der Waals surface area contributed by atoms with Crippen LogP contribution in [0.2, 0.25) is 0 Å². The summed E-state index contributed by atoms with van der Waals surface area (Å²) >= 11 is 0. The van der Waals surface area contributed by atoms with Crippen LogP contribution in [0.25, 0.3) is 11.3 Å². The monoisotopic (exact) mass is 397 g/mol. The molecule has 0 radical (unpaired) electrons. The second kappa shape index (κ2) is 6.66. The van der Waals surface area contributed by atoms with Gasteiger partial charge in [0.25, 0.3) is 10.0 Å². The second-order valence-corrected chi connectivity index (χ2v) is 7.39. The maximum Gasteiger partial charge on any atom is 0.416 e. The van der Waals surface area contributed by atoms with Gasteiger partial charge in [-0.15, -0.1) is 0 Å². The summed E-state index contributed by atoms with van der Waals surface area (Å²) in [6.07, 6.45) is -3.23. The molecule has 0 atom stereocenters. The average molecular weight is 397 g/mol. The first-order valence-electron chi connectivity index (χ1n) is 7.50. The van der Waals surface area contributed by atoms with Crippen LogP contribution in [0, 0.1) is 5.82 Å². The number of carbonyl (C=O) groups excluding carboxylic acids is 1. The summed E-state index contributed by atoms with van der Waals surface area (Å²) in [4.78, 5) is 10.7. The van der Waals surface area contributed by atoms with Gasteiger partial charge in [-0.3, -0.25) is 4.79 Å². The number of benzene rings is 2. The molecule has 0 N–H and O–H groups in total. The lowest BCUT2D eigenvalue weighted by Gasteiger charge is -2.12. The largest absolute Gasteiger partial charge is 0.416 e. The molecule has 3 rings (SSSR count). The number of nitrogens with zero attached hydrogens (tertiary/aromatic N) is 1. The molecule has 4 nitrogen and oxygen atoms in total. The van der Waals surface area contributed by atoms with Gasteiger partial charge in [-0.2, -0.15) is 13.2 Å². The van der Waals surface area contributed by atoms with E-state index in [4.69, 9.17) is 0 Å². The van der Waals surface area contributed by atoms with Crippen LogP contribution < -0.4 is 0 Å². The Hall–Kier alpha value is -2.94. The molecule has 0 bridgehead atoms. The first-order chi connectivity index (χ1) is 12.6. The Morgan fingerprint density at radius 2 is 1.59 bits per heavy atom. The molecule has 140 valence electrons. The lowest BCUT2D eigenvalue weighted by Crippen LogP contribution is -2.14. The van der Waals surface area contributed by atoms with Crippen molar-refractivity contribution >= 4 is 16.3 Å². The van der Waals surface area contributed by atoms with Crippen molar-refractivity contribution in [3.63, 3.8) is 0 Å². The van der Waals surface area contributed by atoms with Crippen molar-refractivity contribution in [3.05, 3.63) is 77.7 Å². The van der Waals surface area contributed by atoms with Gasteiger partial charge in [0.15, 0.2) is 6.29 Å². The van der Waals surface area contributed by atoms with Crippen molar-refractivity contribution in [1.82, 2.24) is 3.97 Å². The van der Waals surface area contributed by atoms with Crippen molar-refractivity contribution < 1.29 is 30.8 Å². The SMILES string of the molecule is O=Cc1cc(-c2ccccc2F)n(S(=O)(=O)c2ccc(C(F)(F)F)cc2)c1. The maximum atomic E-state index is 14.1. The molecule has 0 aliphatic rings. The van der Waals surface area contributed by atoms with Crippen LogP contribution in [-0.4, -0.2) is 18.7 Å². The third-order valence-corrected chi connectivity index (χ3v) is 5.52. The van der Waals surface area contributed by atoms with E-state index in [2.05, 4.69) is 0 Å². The van der Waals surface area contributed by atoms with Crippen LogP contribution in [0.1, 0.15) is 15.9 Å². The molecule has 3 aromatic rings. The van der Waals surface area contributed by atoms with E-state index < -0.39 is 32.5 Å². The number of hydrogen-bond donors (Lipinski definition) is 0. The van der Waals surface area contributed by atoms with E-state index in [1.165, 1.54) is 24.3 Å². The number of rotatable bonds is 4. The molecule has 0 saturated carbocycles. The molecule has 2 aromatic carbocycles. The van der Waals surface area contributed by atoms with Gasteiger partial charge in [0.2, 0.25) is 0 Å². The Balaban J connectivity index is 2.17. The second-order valence-electron chi connectivity index (χ2n) is 5.58. The first-order valence-corrected chi connectivity index (χ1v) is 8.94. The van der Waals surface area contributed by atoms with Crippen LogP contribution in [0.3, 0.4) is 0 Å². The highest BCUT2D eigenvalue weighted by Crippen LogP contribution is 2.32. The fourth-order valence-electron chi connectivity index (χ4n) is 2.52. The molecule has 9 heteroatoms. The van der Waals surface area contributed by atoms with E-state index >= 15 is 0 Å². The number of aldehydes is 1. The number of alkyl halides is 3. The zero-order chi connectivity index (χ0) is 19.8. The average Bonchev–Trinajstić information content (AvgIpc) is 3.06. The molecule has 1 aromatic heterocycles. The summed E-state index contributed by atoms with van der Waals surface area (Å²) in [6, 6.07) is 9.44. The Bertz CT molecular complexity index is 1100. The smallest absolute Gasteiger partial charge is 0.298 e. The van der Waals surface area contributed by atoms with Gasteiger partial charge < -0.3 is 0 Å². The van der Waals surface area contributed by atoms with Crippen LogP contribution in [0.5, 0.6) is 0 Å². The van der Waals surface area contributed by atoms with E-state index in [1.54, 1.807) is 0 Å². The summed E-state index contributed by atoms with van der Waals surface area (Å²) in [5.74, 6) is -0.711. The highest BCUT2D eigenvalue weighted by atomic mass is 32.2. The molecule has 0 unspecified atom stereocenters. The molecule has 0 amide bonds. The minimum Gasteiger partial charge on any atom is -0.298 e. The zero-order valence-electron chi connectivity index (χ0n) is 13.4. The molecule has 0 aliphatic carbocycles. The topological polar surface area (TPSA) is 56.1 Å². The fourth-order valence-corrected chi connectivity index (χ4v) is 3.90. The van der Waals surface area contributed by atoms with E-state index in [1.807, 2.05) is 0 Å². The van der Waals surface area contributed by atoms with Gasteiger partial charge in [-0.25, -0.2) is 16.8 Å². The fraction of sp³-hybridized carbons (Fsp3) is 0.0556. The summed E-state index contributed by atoms with van der Waals surface area (Å²) in [7, 11) is -4.36. The third-order valence-electron chi connectivity index (χ3n) is 3.83. The molecular formula is C18H11F4NO3S. The standard InChI is InChI=1S/C18H11F4NO3S/c19-16-4-2-1-3-15(16)17-9-12(11-24)10-23(17)27(25,26)14-7-5-13(6-8-14)18(20,21)22/h1-11H. The van der Waals surface area contributed by atoms with Crippen molar-refractivity contribution in [1.29, 1.82) is 0 Å². The molecule has 0 spiro atoms. The van der Waals surface area contributed by atoms with E-state index in [9.17, 15) is 30.8 Å². The molecule has 1 heterocycles. The molecule has 0 aliphatic heterocycles. The molecular weight excluding hydrogens is 386 g/mol. The van der Waals surface area contributed by atoms with Gasteiger partial charge in [0.1, 0.15) is 5.82 Å². The predicted octanol–water partition coefficient (Wildman–Crippen LogP) is 4.36. The van der Waals surface area contributed by atoms with Crippen LogP contribution in [-0.2, 0) is 16.2 Å².